The van der Waals surface area contributed by atoms with Gasteiger partial charge in [0.2, 0.25) is 11.8 Å². The average Bonchev–Trinajstić information content (AvgIpc) is 3.32. The van der Waals surface area contributed by atoms with E-state index in [1.165, 1.54) is 0 Å². The Bertz CT molecular complexity index is 542. The molecule has 1 saturated carbocycles. The highest BCUT2D eigenvalue weighted by molar-refractivity contribution is 5.82. The van der Waals surface area contributed by atoms with Crippen molar-refractivity contribution in [1.29, 1.82) is 0 Å². The van der Waals surface area contributed by atoms with Gasteiger partial charge in [0, 0.05) is 12.6 Å². The van der Waals surface area contributed by atoms with Gasteiger partial charge in [-0.1, -0.05) is 30.3 Å². The highest BCUT2D eigenvalue weighted by Gasteiger charge is 2.34. The van der Waals surface area contributed by atoms with Gasteiger partial charge in [0.05, 0.1) is 5.92 Å². The fraction of sp³-hybridized carbons (Fsp3) is 0.529. The standard InChI is InChI=1S/C17H23N3O2/c18-16(21)15(12-5-2-1-3-6-12)20-10-4-7-13(11-20)17(22)19-14-8-9-14/h1-3,5-6,13-15H,4,7-11H2,(H2,18,21)(H,19,22)/t13-,15-/m0/s1. The van der Waals surface area contributed by atoms with E-state index in [1.807, 2.05) is 30.3 Å². The van der Waals surface area contributed by atoms with Crippen LogP contribution in [0.1, 0.15) is 37.3 Å². The van der Waals surface area contributed by atoms with Crippen molar-refractivity contribution in [2.45, 2.75) is 37.8 Å². The van der Waals surface area contributed by atoms with Crippen LogP contribution in [0.3, 0.4) is 0 Å². The lowest BCUT2D eigenvalue weighted by atomic mass is 9.93. The molecule has 2 amide bonds. The second kappa shape index (κ2) is 6.48. The van der Waals surface area contributed by atoms with Crippen molar-refractivity contribution >= 4 is 11.8 Å². The second-order valence-electron chi connectivity index (χ2n) is 6.33. The van der Waals surface area contributed by atoms with Crippen LogP contribution in [0, 0.1) is 5.92 Å². The summed E-state index contributed by atoms with van der Waals surface area (Å²) in [7, 11) is 0. The molecule has 2 fully saturated rings. The first-order valence-electron chi connectivity index (χ1n) is 8.04. The molecule has 2 aliphatic rings. The molecule has 5 heteroatoms. The van der Waals surface area contributed by atoms with Crippen molar-refractivity contribution in [1.82, 2.24) is 10.2 Å². The third-order valence-electron chi connectivity index (χ3n) is 4.50. The zero-order valence-corrected chi connectivity index (χ0v) is 12.7. The van der Waals surface area contributed by atoms with Crippen LogP contribution in [0.2, 0.25) is 0 Å². The van der Waals surface area contributed by atoms with Gasteiger partial charge in [-0.05, 0) is 37.8 Å². The molecule has 0 radical (unpaired) electrons. The first-order valence-corrected chi connectivity index (χ1v) is 8.04. The SMILES string of the molecule is NC(=O)[C@H](c1ccccc1)N1CCC[C@H](C(=O)NC2CC2)C1. The Balaban J connectivity index is 1.71. The topological polar surface area (TPSA) is 75.4 Å². The summed E-state index contributed by atoms with van der Waals surface area (Å²) in [6.07, 6.45) is 3.99. The first-order chi connectivity index (χ1) is 10.6. The lowest BCUT2D eigenvalue weighted by Crippen LogP contribution is -2.47. The summed E-state index contributed by atoms with van der Waals surface area (Å²) in [6.45, 7) is 1.40. The number of rotatable bonds is 5. The molecule has 1 aliphatic carbocycles. The summed E-state index contributed by atoms with van der Waals surface area (Å²) in [4.78, 5) is 26.3. The number of benzene rings is 1. The molecule has 1 heterocycles. The molecule has 5 nitrogen and oxygen atoms in total. The monoisotopic (exact) mass is 301 g/mol. The van der Waals surface area contributed by atoms with E-state index in [4.69, 9.17) is 5.73 Å². The summed E-state index contributed by atoms with van der Waals surface area (Å²) >= 11 is 0. The van der Waals surface area contributed by atoms with Crippen molar-refractivity contribution in [3.8, 4) is 0 Å². The quantitative estimate of drug-likeness (QED) is 0.858. The minimum Gasteiger partial charge on any atom is -0.368 e. The number of nitrogens with one attached hydrogen (secondary N) is 1. The van der Waals surface area contributed by atoms with E-state index in [-0.39, 0.29) is 17.7 Å². The Kier molecular flexibility index (Phi) is 4.43. The molecule has 3 rings (SSSR count). The van der Waals surface area contributed by atoms with Crippen LogP contribution in [0.5, 0.6) is 0 Å². The second-order valence-corrected chi connectivity index (χ2v) is 6.33. The maximum absolute atomic E-state index is 12.3. The minimum absolute atomic E-state index is 0.0417. The van der Waals surface area contributed by atoms with Crippen LogP contribution >= 0.6 is 0 Å². The molecule has 1 aromatic rings. The van der Waals surface area contributed by atoms with E-state index >= 15 is 0 Å². The maximum Gasteiger partial charge on any atom is 0.239 e. The normalized spacial score (nSPS) is 23.7. The van der Waals surface area contributed by atoms with Crippen molar-refractivity contribution < 1.29 is 9.59 Å². The Morgan fingerprint density at radius 1 is 1.18 bits per heavy atom. The largest absolute Gasteiger partial charge is 0.368 e. The van der Waals surface area contributed by atoms with E-state index in [9.17, 15) is 9.59 Å². The number of likely N-dealkylation sites (tertiary alicyclic amines) is 1. The number of hydrogen-bond acceptors (Lipinski definition) is 3. The molecule has 1 saturated heterocycles. The summed E-state index contributed by atoms with van der Waals surface area (Å²) < 4.78 is 0. The van der Waals surface area contributed by atoms with E-state index in [2.05, 4.69) is 10.2 Å². The highest BCUT2D eigenvalue weighted by Crippen LogP contribution is 2.28. The number of primary amides is 1. The van der Waals surface area contributed by atoms with Crippen LogP contribution in [0.25, 0.3) is 0 Å². The van der Waals surface area contributed by atoms with Gasteiger partial charge in [-0.2, -0.15) is 0 Å². The third kappa shape index (κ3) is 3.47. The van der Waals surface area contributed by atoms with E-state index in [0.29, 0.717) is 12.6 Å². The Hall–Kier alpha value is -1.88. The van der Waals surface area contributed by atoms with Gasteiger partial charge in [-0.15, -0.1) is 0 Å². The summed E-state index contributed by atoms with van der Waals surface area (Å²) in [6, 6.07) is 9.51. The van der Waals surface area contributed by atoms with Crippen molar-refractivity contribution in [2.24, 2.45) is 11.7 Å². The summed E-state index contributed by atoms with van der Waals surface area (Å²) in [5.74, 6) is -0.266. The van der Waals surface area contributed by atoms with Gasteiger partial charge in [0.1, 0.15) is 6.04 Å². The highest BCUT2D eigenvalue weighted by atomic mass is 16.2. The summed E-state index contributed by atoms with van der Waals surface area (Å²) in [5.41, 5.74) is 6.53. The number of piperidine rings is 1. The molecule has 22 heavy (non-hydrogen) atoms. The van der Waals surface area contributed by atoms with Gasteiger partial charge < -0.3 is 11.1 Å². The predicted molar refractivity (Wildman–Crippen MR) is 83.8 cm³/mol. The zero-order chi connectivity index (χ0) is 15.5. The molecule has 0 aromatic heterocycles. The fourth-order valence-electron chi connectivity index (χ4n) is 3.19. The molecule has 118 valence electrons. The smallest absolute Gasteiger partial charge is 0.239 e. The van der Waals surface area contributed by atoms with Gasteiger partial charge in [-0.25, -0.2) is 0 Å². The molecule has 0 bridgehead atoms. The number of nitrogens with zero attached hydrogens (tertiary/aromatic N) is 1. The van der Waals surface area contributed by atoms with Crippen molar-refractivity contribution in [3.05, 3.63) is 35.9 Å². The van der Waals surface area contributed by atoms with Gasteiger partial charge in [-0.3, -0.25) is 14.5 Å². The Labute approximate surface area is 130 Å². The molecule has 2 atom stereocenters. The molecule has 0 unspecified atom stereocenters. The Morgan fingerprint density at radius 3 is 2.55 bits per heavy atom. The number of nitrogens with two attached hydrogens (primary N) is 1. The van der Waals surface area contributed by atoms with Crippen molar-refractivity contribution in [3.63, 3.8) is 0 Å². The van der Waals surface area contributed by atoms with Crippen LogP contribution < -0.4 is 11.1 Å². The minimum atomic E-state index is -0.447. The van der Waals surface area contributed by atoms with E-state index in [0.717, 1.165) is 37.8 Å². The lowest BCUT2D eigenvalue weighted by Gasteiger charge is -2.36. The predicted octanol–water partition coefficient (Wildman–Crippen LogP) is 1.20. The fourth-order valence-corrected chi connectivity index (χ4v) is 3.19. The lowest BCUT2D eigenvalue weighted by molar-refractivity contribution is -0.130. The number of carbonyl (C=O) groups excluding carboxylic acids is 2. The zero-order valence-electron chi connectivity index (χ0n) is 12.7. The van der Waals surface area contributed by atoms with Crippen LogP contribution in [0.15, 0.2) is 30.3 Å². The van der Waals surface area contributed by atoms with Crippen LogP contribution in [-0.4, -0.2) is 35.8 Å². The third-order valence-corrected chi connectivity index (χ3v) is 4.50. The number of carbonyl (C=O) groups is 2. The Morgan fingerprint density at radius 2 is 1.91 bits per heavy atom. The average molecular weight is 301 g/mol. The van der Waals surface area contributed by atoms with Gasteiger partial charge in [0.25, 0.3) is 0 Å². The van der Waals surface area contributed by atoms with E-state index < -0.39 is 6.04 Å². The number of hydrogen-bond donors (Lipinski definition) is 2. The first kappa shape index (κ1) is 15.0. The molecule has 1 aromatic carbocycles. The van der Waals surface area contributed by atoms with Crippen LogP contribution in [0.4, 0.5) is 0 Å². The summed E-state index contributed by atoms with van der Waals surface area (Å²) in [5, 5.41) is 3.07. The molecular formula is C17H23N3O2. The molecule has 0 spiro atoms. The van der Waals surface area contributed by atoms with Gasteiger partial charge >= 0.3 is 0 Å². The van der Waals surface area contributed by atoms with Gasteiger partial charge in [0.15, 0.2) is 0 Å². The molecular weight excluding hydrogens is 278 g/mol. The number of amides is 2. The molecule has 3 N–H and O–H groups in total. The molecule has 1 aliphatic heterocycles. The van der Waals surface area contributed by atoms with Crippen LogP contribution in [-0.2, 0) is 9.59 Å². The van der Waals surface area contributed by atoms with Crippen molar-refractivity contribution in [2.75, 3.05) is 13.1 Å². The maximum atomic E-state index is 12.3. The van der Waals surface area contributed by atoms with E-state index in [1.54, 1.807) is 0 Å².